The van der Waals surface area contributed by atoms with Gasteiger partial charge in [-0.3, -0.25) is 24.1 Å². The number of para-hydroxylation sites is 1. The molecule has 1 heterocycles. The van der Waals surface area contributed by atoms with E-state index in [0.29, 0.717) is 17.5 Å². The maximum Gasteiger partial charge on any atom is 0.308 e. The molecule has 4 atom stereocenters. The second-order valence-electron chi connectivity index (χ2n) is 8.44. The molecular weight excluding hydrogens is 372 g/mol. The summed E-state index contributed by atoms with van der Waals surface area (Å²) < 4.78 is 5.03. The summed E-state index contributed by atoms with van der Waals surface area (Å²) in [5.74, 6) is -0.988. The number of hydrogen-bond donors (Lipinski definition) is 1. The first-order valence-electron chi connectivity index (χ1n) is 10.2. The van der Waals surface area contributed by atoms with Gasteiger partial charge in [0.15, 0.2) is 6.61 Å². The lowest BCUT2D eigenvalue weighted by molar-refractivity contribution is -0.149. The molecule has 7 heteroatoms. The van der Waals surface area contributed by atoms with Gasteiger partial charge in [0, 0.05) is 12.2 Å². The number of ether oxygens (including phenoxy) is 1. The van der Waals surface area contributed by atoms with Crippen molar-refractivity contribution in [3.8, 4) is 0 Å². The van der Waals surface area contributed by atoms with Crippen LogP contribution < -0.4 is 5.32 Å². The molecule has 0 spiro atoms. The van der Waals surface area contributed by atoms with E-state index < -0.39 is 18.5 Å². The molecule has 2 saturated carbocycles. The molecule has 154 valence electrons. The molecule has 3 amide bonds. The number of nitrogens with one attached hydrogen (secondary N) is 1. The third-order valence-electron chi connectivity index (χ3n) is 6.67. The smallest absolute Gasteiger partial charge is 0.308 e. The van der Waals surface area contributed by atoms with Gasteiger partial charge in [-0.25, -0.2) is 0 Å². The zero-order chi connectivity index (χ0) is 20.7. The summed E-state index contributed by atoms with van der Waals surface area (Å²) >= 11 is 0. The SMILES string of the molecule is Cc1cccc(C)c1NC(=O)COC(=O)CCN1C(=O)[C@@H]2[C@H]3CC[C@@H](C3)[C@H]2C1=O. The number of benzene rings is 1. The average molecular weight is 398 g/mol. The molecule has 2 aliphatic carbocycles. The summed E-state index contributed by atoms with van der Waals surface area (Å²) in [6.45, 7) is 3.41. The maximum absolute atomic E-state index is 12.6. The lowest BCUT2D eigenvalue weighted by Gasteiger charge is -2.19. The third kappa shape index (κ3) is 3.54. The number of carbonyl (C=O) groups excluding carboxylic acids is 4. The van der Waals surface area contributed by atoms with Crippen LogP contribution in [0.3, 0.4) is 0 Å². The van der Waals surface area contributed by atoms with E-state index in [0.717, 1.165) is 30.4 Å². The largest absolute Gasteiger partial charge is 0.456 e. The quantitative estimate of drug-likeness (QED) is 0.586. The molecule has 1 aliphatic heterocycles. The topological polar surface area (TPSA) is 92.8 Å². The summed E-state index contributed by atoms with van der Waals surface area (Å²) in [4.78, 5) is 50.6. The highest BCUT2D eigenvalue weighted by atomic mass is 16.5. The van der Waals surface area contributed by atoms with Crippen molar-refractivity contribution in [3.05, 3.63) is 29.3 Å². The minimum atomic E-state index is -0.595. The van der Waals surface area contributed by atoms with Crippen LogP contribution in [-0.4, -0.2) is 41.7 Å². The van der Waals surface area contributed by atoms with Crippen molar-refractivity contribution in [3.63, 3.8) is 0 Å². The third-order valence-corrected chi connectivity index (χ3v) is 6.67. The Morgan fingerprint density at radius 2 is 1.66 bits per heavy atom. The van der Waals surface area contributed by atoms with Crippen molar-refractivity contribution in [2.45, 2.75) is 39.5 Å². The Bertz CT molecular complexity index is 832. The molecule has 1 aromatic rings. The number of imide groups is 1. The van der Waals surface area contributed by atoms with Gasteiger partial charge in [-0.2, -0.15) is 0 Å². The summed E-state index contributed by atoms with van der Waals surface area (Å²) in [6, 6.07) is 5.68. The van der Waals surface area contributed by atoms with Gasteiger partial charge in [0.25, 0.3) is 5.91 Å². The van der Waals surface area contributed by atoms with Crippen LogP contribution in [0.1, 0.15) is 36.8 Å². The second kappa shape index (κ2) is 7.61. The average Bonchev–Trinajstić information content (AvgIpc) is 3.36. The Morgan fingerprint density at radius 1 is 1.07 bits per heavy atom. The van der Waals surface area contributed by atoms with Gasteiger partial charge in [-0.1, -0.05) is 18.2 Å². The summed E-state index contributed by atoms with van der Waals surface area (Å²) in [7, 11) is 0. The van der Waals surface area contributed by atoms with E-state index in [1.54, 1.807) is 0 Å². The van der Waals surface area contributed by atoms with Crippen molar-refractivity contribution < 1.29 is 23.9 Å². The number of nitrogens with zero attached hydrogens (tertiary/aromatic N) is 1. The van der Waals surface area contributed by atoms with E-state index in [4.69, 9.17) is 4.74 Å². The van der Waals surface area contributed by atoms with Gasteiger partial charge in [0.1, 0.15) is 0 Å². The maximum atomic E-state index is 12.6. The van der Waals surface area contributed by atoms with Crippen LogP contribution in [0.4, 0.5) is 5.69 Å². The van der Waals surface area contributed by atoms with Gasteiger partial charge in [0.05, 0.1) is 18.3 Å². The summed E-state index contributed by atoms with van der Waals surface area (Å²) in [6.07, 6.45) is 2.94. The Morgan fingerprint density at radius 3 is 2.24 bits per heavy atom. The lowest BCUT2D eigenvalue weighted by atomic mass is 9.81. The molecule has 1 saturated heterocycles. The molecule has 0 aromatic heterocycles. The standard InChI is InChI=1S/C22H26N2O5/c1-12-4-3-5-13(2)20(12)23-16(25)11-29-17(26)8-9-24-21(27)18-14-6-7-15(10-14)19(18)22(24)28/h3-5,14-15,18-19H,6-11H2,1-2H3,(H,23,25)/t14-,15-,18+,19+/m0/s1. The van der Waals surface area contributed by atoms with Crippen LogP contribution in [0, 0.1) is 37.5 Å². The molecule has 1 aromatic carbocycles. The van der Waals surface area contributed by atoms with Crippen molar-refractivity contribution in [1.29, 1.82) is 0 Å². The Hall–Kier alpha value is -2.70. The van der Waals surface area contributed by atoms with E-state index in [-0.39, 0.29) is 36.6 Å². The second-order valence-corrected chi connectivity index (χ2v) is 8.44. The monoisotopic (exact) mass is 398 g/mol. The number of fused-ring (bicyclic) bond motifs is 5. The summed E-state index contributed by atoms with van der Waals surface area (Å²) in [5.41, 5.74) is 2.56. The van der Waals surface area contributed by atoms with Gasteiger partial charge in [-0.05, 0) is 56.1 Å². The van der Waals surface area contributed by atoms with Gasteiger partial charge >= 0.3 is 5.97 Å². The molecule has 4 rings (SSSR count). The first-order valence-corrected chi connectivity index (χ1v) is 10.2. The minimum Gasteiger partial charge on any atom is -0.456 e. The predicted molar refractivity (Wildman–Crippen MR) is 105 cm³/mol. The zero-order valence-electron chi connectivity index (χ0n) is 16.8. The normalized spacial score (nSPS) is 27.3. The van der Waals surface area contributed by atoms with Crippen molar-refractivity contribution in [2.24, 2.45) is 23.7 Å². The molecule has 29 heavy (non-hydrogen) atoms. The fourth-order valence-corrected chi connectivity index (χ4v) is 5.30. The molecule has 0 radical (unpaired) electrons. The number of amides is 3. The number of aryl methyl sites for hydroxylation is 2. The predicted octanol–water partition coefficient (Wildman–Crippen LogP) is 2.21. The highest BCUT2D eigenvalue weighted by Crippen LogP contribution is 2.56. The number of carbonyl (C=O) groups is 4. The van der Waals surface area contributed by atoms with Crippen molar-refractivity contribution >= 4 is 29.4 Å². The fourth-order valence-electron chi connectivity index (χ4n) is 5.30. The zero-order valence-corrected chi connectivity index (χ0v) is 16.8. The van der Waals surface area contributed by atoms with Crippen LogP contribution in [0.15, 0.2) is 18.2 Å². The number of esters is 1. The molecular formula is C22H26N2O5. The van der Waals surface area contributed by atoms with E-state index in [1.165, 1.54) is 4.90 Å². The first-order chi connectivity index (χ1) is 13.9. The number of likely N-dealkylation sites (tertiary alicyclic amines) is 1. The Labute approximate surface area is 169 Å². The minimum absolute atomic E-state index is 0.0292. The first kappa shape index (κ1) is 19.6. The summed E-state index contributed by atoms with van der Waals surface area (Å²) in [5, 5.41) is 2.75. The molecule has 3 fully saturated rings. The fraction of sp³-hybridized carbons (Fsp3) is 0.545. The number of rotatable bonds is 6. The molecule has 0 unspecified atom stereocenters. The highest BCUT2D eigenvalue weighted by molar-refractivity contribution is 6.06. The lowest BCUT2D eigenvalue weighted by Crippen LogP contribution is -2.35. The Balaban J connectivity index is 1.25. The van der Waals surface area contributed by atoms with E-state index in [9.17, 15) is 19.2 Å². The van der Waals surface area contributed by atoms with Crippen molar-refractivity contribution in [2.75, 3.05) is 18.5 Å². The van der Waals surface area contributed by atoms with Crippen LogP contribution in [0.5, 0.6) is 0 Å². The molecule has 3 aliphatic rings. The molecule has 7 nitrogen and oxygen atoms in total. The number of anilines is 1. The van der Waals surface area contributed by atoms with Crippen LogP contribution in [-0.2, 0) is 23.9 Å². The van der Waals surface area contributed by atoms with Crippen LogP contribution in [0.2, 0.25) is 0 Å². The highest BCUT2D eigenvalue weighted by Gasteiger charge is 2.60. The van der Waals surface area contributed by atoms with E-state index >= 15 is 0 Å². The van der Waals surface area contributed by atoms with Gasteiger partial charge < -0.3 is 10.1 Å². The Kier molecular flexibility index (Phi) is 5.15. The van der Waals surface area contributed by atoms with E-state index in [1.807, 2.05) is 32.0 Å². The number of hydrogen-bond acceptors (Lipinski definition) is 5. The molecule has 2 bridgehead atoms. The van der Waals surface area contributed by atoms with Crippen LogP contribution in [0.25, 0.3) is 0 Å². The molecule has 1 N–H and O–H groups in total. The van der Waals surface area contributed by atoms with Gasteiger partial charge in [-0.15, -0.1) is 0 Å². The van der Waals surface area contributed by atoms with Crippen molar-refractivity contribution in [1.82, 2.24) is 4.90 Å². The van der Waals surface area contributed by atoms with Crippen LogP contribution >= 0.6 is 0 Å². The van der Waals surface area contributed by atoms with Gasteiger partial charge in [0.2, 0.25) is 11.8 Å². The van der Waals surface area contributed by atoms with E-state index in [2.05, 4.69) is 5.32 Å².